The van der Waals surface area contributed by atoms with E-state index in [0.29, 0.717) is 5.02 Å². The average Bonchev–Trinajstić information content (AvgIpc) is 3.19. The lowest BCUT2D eigenvalue weighted by Crippen LogP contribution is -2.77. The molecule has 0 saturated heterocycles. The molecule has 0 spiro atoms. The first-order valence-corrected chi connectivity index (χ1v) is 22.2. The number of nitrogens with zero attached hydrogens (tertiary/aromatic N) is 2. The van der Waals surface area contributed by atoms with Gasteiger partial charge in [-0.1, -0.05) is 174 Å². The summed E-state index contributed by atoms with van der Waals surface area (Å²) in [5.74, 6) is 0. The van der Waals surface area contributed by atoms with Crippen molar-refractivity contribution in [1.82, 2.24) is 0 Å². The molecule has 1 aliphatic rings. The quantitative estimate of drug-likeness (QED) is 0.154. The van der Waals surface area contributed by atoms with Crippen LogP contribution in [-0.4, -0.2) is 8.07 Å². The van der Waals surface area contributed by atoms with Crippen molar-refractivity contribution in [2.45, 2.75) is 52.4 Å². The zero-order chi connectivity index (χ0) is 38.5. The van der Waals surface area contributed by atoms with Gasteiger partial charge >= 0.3 is 0 Å². The van der Waals surface area contributed by atoms with E-state index in [9.17, 15) is 0 Å². The molecular formula is C50H46BrClN2Si. The summed E-state index contributed by atoms with van der Waals surface area (Å²) in [7, 11) is -2.76. The first kappa shape index (κ1) is 37.1. The minimum absolute atomic E-state index is 0.0363. The van der Waals surface area contributed by atoms with Gasteiger partial charge in [0, 0.05) is 27.8 Å². The number of para-hydroxylation sites is 2. The van der Waals surface area contributed by atoms with E-state index in [1.165, 1.54) is 31.9 Å². The molecule has 8 rings (SSSR count). The third-order valence-electron chi connectivity index (χ3n) is 11.0. The summed E-state index contributed by atoms with van der Waals surface area (Å²) < 4.78 is 0.954. The van der Waals surface area contributed by atoms with Gasteiger partial charge in [0.1, 0.15) is 0 Å². The Kier molecular flexibility index (Phi) is 9.65. The summed E-state index contributed by atoms with van der Waals surface area (Å²) in [4.78, 5) is 4.75. The summed E-state index contributed by atoms with van der Waals surface area (Å²) in [6, 6.07) is 62.3. The monoisotopic (exact) mass is 816 g/mol. The normalized spacial score (nSPS) is 13.6. The number of benzene rings is 7. The van der Waals surface area contributed by atoms with E-state index in [2.05, 4.69) is 237 Å². The van der Waals surface area contributed by atoms with Crippen molar-refractivity contribution in [2.75, 3.05) is 9.80 Å². The van der Waals surface area contributed by atoms with Crippen LogP contribution in [0, 0.1) is 0 Å². The highest BCUT2D eigenvalue weighted by Crippen LogP contribution is 2.49. The zero-order valence-electron chi connectivity index (χ0n) is 32.3. The number of hydrogen-bond acceptors (Lipinski definition) is 2. The minimum Gasteiger partial charge on any atom is -0.309 e. The average molecular weight is 818 g/mol. The van der Waals surface area contributed by atoms with E-state index in [4.69, 9.17) is 11.6 Å². The van der Waals surface area contributed by atoms with Crippen molar-refractivity contribution < 1.29 is 0 Å². The fourth-order valence-corrected chi connectivity index (χ4v) is 14.1. The van der Waals surface area contributed by atoms with Gasteiger partial charge in [-0.15, -0.1) is 0 Å². The Bertz CT molecular complexity index is 2320. The zero-order valence-corrected chi connectivity index (χ0v) is 35.7. The molecule has 274 valence electrons. The highest BCUT2D eigenvalue weighted by atomic mass is 79.9. The smallest absolute Gasteiger partial charge is 0.184 e. The molecule has 0 fully saturated rings. The van der Waals surface area contributed by atoms with Crippen LogP contribution >= 0.6 is 27.5 Å². The summed E-state index contributed by atoms with van der Waals surface area (Å²) in [6.45, 7) is 13.5. The van der Waals surface area contributed by atoms with Gasteiger partial charge in [0.05, 0.1) is 15.8 Å². The number of halogens is 2. The first-order chi connectivity index (χ1) is 26.4. The molecule has 0 unspecified atom stereocenters. The van der Waals surface area contributed by atoms with Gasteiger partial charge in [0.15, 0.2) is 8.07 Å². The van der Waals surface area contributed by atoms with E-state index in [1.54, 1.807) is 0 Å². The Morgan fingerprint density at radius 1 is 0.491 bits per heavy atom. The predicted octanol–water partition coefficient (Wildman–Crippen LogP) is 12.3. The second kappa shape index (κ2) is 14.3. The molecule has 0 aliphatic carbocycles. The van der Waals surface area contributed by atoms with Crippen molar-refractivity contribution >= 4 is 90.5 Å². The maximum Gasteiger partial charge on any atom is 0.184 e. The third kappa shape index (κ3) is 6.54. The van der Waals surface area contributed by atoms with Crippen LogP contribution in [-0.2, 0) is 10.8 Å². The molecule has 0 bridgehead atoms. The van der Waals surface area contributed by atoms with Crippen LogP contribution in [0.25, 0.3) is 0 Å². The molecular weight excluding hydrogens is 772 g/mol. The molecule has 1 heterocycles. The molecule has 5 heteroatoms. The largest absolute Gasteiger partial charge is 0.309 e. The van der Waals surface area contributed by atoms with Gasteiger partial charge in [-0.05, 0) is 107 Å². The topological polar surface area (TPSA) is 6.48 Å². The fraction of sp³-hybridized carbons (Fsp3) is 0.160. The van der Waals surface area contributed by atoms with Gasteiger partial charge in [-0.3, -0.25) is 0 Å². The molecule has 0 amide bonds. The number of hydrogen-bond donors (Lipinski definition) is 0. The first-order valence-electron chi connectivity index (χ1n) is 19.0. The molecule has 2 nitrogen and oxygen atoms in total. The molecule has 0 radical (unpaired) electrons. The molecule has 0 N–H and O–H groups in total. The van der Waals surface area contributed by atoms with E-state index in [-0.39, 0.29) is 10.8 Å². The van der Waals surface area contributed by atoms with Crippen LogP contribution in [0.15, 0.2) is 174 Å². The van der Waals surface area contributed by atoms with E-state index in [0.717, 1.165) is 38.6 Å². The predicted molar refractivity (Wildman–Crippen MR) is 243 cm³/mol. The van der Waals surface area contributed by atoms with E-state index < -0.39 is 8.07 Å². The molecule has 0 aromatic heterocycles. The van der Waals surface area contributed by atoms with Gasteiger partial charge in [-0.2, -0.15) is 0 Å². The van der Waals surface area contributed by atoms with E-state index in [1.807, 2.05) is 0 Å². The number of fused-ring (bicyclic) bond motifs is 2. The van der Waals surface area contributed by atoms with Gasteiger partial charge < -0.3 is 9.80 Å². The standard InChI is InChI=1S/C50H46BrClN2Si/c1-49(2,3)35-25-29-38(30-26-35)53(39-31-27-36(28-32-39)50(4,5)6)44-33-37(52)34-45(48(44)51)54-42-21-13-15-23-46(42)55(40-17-9-7-10-18-40,41-19-11-8-12-20-41)47-24-16-14-22-43(47)54/h7-34H,1-6H3. The minimum atomic E-state index is -2.76. The molecule has 0 atom stereocenters. The second-order valence-corrected chi connectivity index (χ2v) is 21.5. The van der Waals surface area contributed by atoms with Crippen LogP contribution < -0.4 is 30.5 Å². The number of rotatable bonds is 6. The fourth-order valence-electron chi connectivity index (χ4n) is 8.21. The van der Waals surface area contributed by atoms with Crippen LogP contribution in [0.2, 0.25) is 5.02 Å². The SMILES string of the molecule is CC(C)(C)c1ccc(N(c2ccc(C(C)(C)C)cc2)c2cc(Cl)cc(N3c4ccccc4[Si](c4ccccc4)(c4ccccc4)c4ccccc43)c2Br)cc1. The molecule has 55 heavy (non-hydrogen) atoms. The summed E-state index contributed by atoms with van der Waals surface area (Å²) in [5.41, 5.74) is 9.03. The summed E-state index contributed by atoms with van der Waals surface area (Å²) >= 11 is 11.5. The van der Waals surface area contributed by atoms with Crippen molar-refractivity contribution in [1.29, 1.82) is 0 Å². The lowest BCUT2D eigenvalue weighted by Gasteiger charge is -2.45. The maximum atomic E-state index is 7.27. The molecule has 7 aromatic carbocycles. The third-order valence-corrected chi connectivity index (χ3v) is 16.9. The Morgan fingerprint density at radius 2 is 0.891 bits per heavy atom. The Hall–Kier alpha value is -4.87. The van der Waals surface area contributed by atoms with Crippen molar-refractivity contribution in [3.05, 3.63) is 190 Å². The van der Waals surface area contributed by atoms with Crippen LogP contribution in [0.4, 0.5) is 34.1 Å². The Labute approximate surface area is 341 Å². The highest BCUT2D eigenvalue weighted by molar-refractivity contribution is 9.10. The summed E-state index contributed by atoms with van der Waals surface area (Å²) in [6.07, 6.45) is 0. The maximum absolute atomic E-state index is 7.27. The van der Waals surface area contributed by atoms with E-state index >= 15 is 0 Å². The second-order valence-electron chi connectivity index (χ2n) is 16.5. The van der Waals surface area contributed by atoms with Gasteiger partial charge in [0.2, 0.25) is 0 Å². The molecule has 0 saturated carbocycles. The number of anilines is 6. The highest BCUT2D eigenvalue weighted by Gasteiger charge is 2.49. The Balaban J connectivity index is 1.38. The van der Waals surface area contributed by atoms with Gasteiger partial charge in [-0.25, -0.2) is 0 Å². The van der Waals surface area contributed by atoms with Gasteiger partial charge in [0.25, 0.3) is 0 Å². The lowest BCUT2D eigenvalue weighted by molar-refractivity contribution is 0.590. The molecule has 7 aromatic rings. The van der Waals surface area contributed by atoms with Crippen LogP contribution in [0.3, 0.4) is 0 Å². The van der Waals surface area contributed by atoms with Crippen LogP contribution in [0.1, 0.15) is 52.7 Å². The van der Waals surface area contributed by atoms with Crippen molar-refractivity contribution in [3.63, 3.8) is 0 Å². The van der Waals surface area contributed by atoms with Crippen molar-refractivity contribution in [2.24, 2.45) is 0 Å². The molecule has 1 aliphatic heterocycles. The Morgan fingerprint density at radius 3 is 1.31 bits per heavy atom. The van der Waals surface area contributed by atoms with Crippen LogP contribution in [0.5, 0.6) is 0 Å². The van der Waals surface area contributed by atoms with Crippen molar-refractivity contribution in [3.8, 4) is 0 Å². The lowest BCUT2D eigenvalue weighted by atomic mass is 9.86. The summed E-state index contributed by atoms with van der Waals surface area (Å²) in [5, 5.41) is 6.05.